The van der Waals surface area contributed by atoms with Crippen molar-refractivity contribution in [3.63, 3.8) is 0 Å². The number of aryl methyl sites for hydroxylation is 2. The lowest BCUT2D eigenvalue weighted by Gasteiger charge is -2.19. The second-order valence-electron chi connectivity index (χ2n) is 6.68. The van der Waals surface area contributed by atoms with Gasteiger partial charge in [-0.1, -0.05) is 37.3 Å². The molecule has 2 N–H and O–H groups in total. The second kappa shape index (κ2) is 6.30. The number of fused-ring (bicyclic) bond motifs is 1. The van der Waals surface area contributed by atoms with Gasteiger partial charge in [0, 0.05) is 22.4 Å². The summed E-state index contributed by atoms with van der Waals surface area (Å²) in [4.78, 5) is 9.17. The third-order valence-electron chi connectivity index (χ3n) is 4.86. The monoisotopic (exact) mass is 343 g/mol. The zero-order valence-corrected chi connectivity index (χ0v) is 15.2. The smallest absolute Gasteiger partial charge is 0.134 e. The van der Waals surface area contributed by atoms with Gasteiger partial charge in [0.1, 0.15) is 17.2 Å². The molecule has 1 atom stereocenters. The van der Waals surface area contributed by atoms with Crippen LogP contribution in [0.1, 0.15) is 35.4 Å². The largest absolute Gasteiger partial charge is 0.464 e. The molecule has 0 saturated carbocycles. The molecule has 4 rings (SSSR count). The van der Waals surface area contributed by atoms with Crippen molar-refractivity contribution in [3.05, 3.63) is 77.3 Å². The first-order valence-corrected chi connectivity index (χ1v) is 8.72. The first-order chi connectivity index (χ1) is 12.5. The third-order valence-corrected chi connectivity index (χ3v) is 4.86. The van der Waals surface area contributed by atoms with E-state index in [9.17, 15) is 0 Å². The molecule has 0 aliphatic heterocycles. The Morgan fingerprint density at radius 2 is 1.77 bits per heavy atom. The maximum Gasteiger partial charge on any atom is 0.134 e. The molecule has 130 valence electrons. The van der Waals surface area contributed by atoms with Crippen LogP contribution >= 0.6 is 0 Å². The molecule has 0 saturated heterocycles. The van der Waals surface area contributed by atoms with Crippen LogP contribution in [0.15, 0.2) is 59.2 Å². The lowest BCUT2D eigenvalue weighted by atomic mass is 9.89. The average molecular weight is 343 g/mol. The lowest BCUT2D eigenvalue weighted by Crippen LogP contribution is -2.09. The molecule has 4 heteroatoms. The van der Waals surface area contributed by atoms with Gasteiger partial charge >= 0.3 is 0 Å². The van der Waals surface area contributed by atoms with E-state index in [0.29, 0.717) is 11.6 Å². The molecule has 4 nitrogen and oxygen atoms in total. The van der Waals surface area contributed by atoms with Gasteiger partial charge in [-0.25, -0.2) is 9.97 Å². The Hall–Kier alpha value is -3.14. The number of hydrogen-bond acceptors (Lipinski definition) is 4. The highest BCUT2D eigenvalue weighted by Crippen LogP contribution is 2.36. The third kappa shape index (κ3) is 2.73. The summed E-state index contributed by atoms with van der Waals surface area (Å²) >= 11 is 0. The average Bonchev–Trinajstić information content (AvgIpc) is 3.02. The number of benzene rings is 2. The van der Waals surface area contributed by atoms with E-state index in [1.807, 2.05) is 44.2 Å². The van der Waals surface area contributed by atoms with E-state index in [4.69, 9.17) is 15.1 Å². The van der Waals surface area contributed by atoms with Gasteiger partial charge in [-0.05, 0) is 43.2 Å². The summed E-state index contributed by atoms with van der Waals surface area (Å²) in [6.07, 6.45) is 1.78. The Labute approximate surface area is 152 Å². The van der Waals surface area contributed by atoms with Crippen LogP contribution < -0.4 is 5.73 Å². The first kappa shape index (κ1) is 16.3. The van der Waals surface area contributed by atoms with Crippen molar-refractivity contribution in [2.45, 2.75) is 26.7 Å². The Bertz CT molecular complexity index is 1080. The molecular formula is C22H21N3O. The number of nitrogens with zero attached hydrogens (tertiary/aromatic N) is 2. The van der Waals surface area contributed by atoms with E-state index in [1.165, 1.54) is 5.56 Å². The second-order valence-corrected chi connectivity index (χ2v) is 6.68. The molecule has 0 aliphatic carbocycles. The van der Waals surface area contributed by atoms with Crippen molar-refractivity contribution in [2.75, 3.05) is 5.73 Å². The van der Waals surface area contributed by atoms with E-state index in [2.05, 4.69) is 30.1 Å². The Kier molecular flexibility index (Phi) is 3.96. The van der Waals surface area contributed by atoms with Crippen LogP contribution in [-0.4, -0.2) is 9.97 Å². The van der Waals surface area contributed by atoms with Crippen molar-refractivity contribution in [1.29, 1.82) is 0 Å². The van der Waals surface area contributed by atoms with Crippen LogP contribution in [0.25, 0.3) is 22.2 Å². The molecule has 4 aromatic rings. The van der Waals surface area contributed by atoms with Crippen molar-refractivity contribution in [3.8, 4) is 11.3 Å². The SMILES string of the molecule is Cc1nc(N)c([C@@H](C)c2ccccc2)c(-c2ccc3occ(C)c3c2)n1. The Morgan fingerprint density at radius 1 is 1.00 bits per heavy atom. The number of furan rings is 1. The van der Waals surface area contributed by atoms with Gasteiger partial charge in [0.05, 0.1) is 12.0 Å². The van der Waals surface area contributed by atoms with Crippen LogP contribution in [0.2, 0.25) is 0 Å². The maximum absolute atomic E-state index is 6.35. The fourth-order valence-electron chi connectivity index (χ4n) is 3.46. The number of aromatic nitrogens is 2. The number of rotatable bonds is 3. The molecule has 2 aromatic heterocycles. The van der Waals surface area contributed by atoms with E-state index < -0.39 is 0 Å². The summed E-state index contributed by atoms with van der Waals surface area (Å²) in [5.41, 5.74) is 12.4. The minimum atomic E-state index is 0.0907. The predicted molar refractivity (Wildman–Crippen MR) is 105 cm³/mol. The lowest BCUT2D eigenvalue weighted by molar-refractivity contribution is 0.613. The van der Waals surface area contributed by atoms with Gasteiger partial charge in [0.2, 0.25) is 0 Å². The van der Waals surface area contributed by atoms with E-state index >= 15 is 0 Å². The standard InChI is InChI=1S/C22H21N3O/c1-13-12-26-19-10-9-17(11-18(13)19)21-20(22(23)25-15(3)24-21)14(2)16-7-5-4-6-8-16/h4-12,14H,1-3H3,(H2,23,24,25)/t14-/m0/s1. The highest BCUT2D eigenvalue weighted by molar-refractivity contribution is 5.86. The van der Waals surface area contributed by atoms with Crippen molar-refractivity contribution < 1.29 is 4.42 Å². The van der Waals surface area contributed by atoms with Gasteiger partial charge in [-0.15, -0.1) is 0 Å². The van der Waals surface area contributed by atoms with Crippen LogP contribution in [0, 0.1) is 13.8 Å². The molecule has 0 fully saturated rings. The minimum absolute atomic E-state index is 0.0907. The highest BCUT2D eigenvalue weighted by atomic mass is 16.3. The maximum atomic E-state index is 6.35. The normalized spacial score (nSPS) is 12.4. The fourth-order valence-corrected chi connectivity index (χ4v) is 3.46. The highest BCUT2D eigenvalue weighted by Gasteiger charge is 2.20. The first-order valence-electron chi connectivity index (χ1n) is 8.72. The van der Waals surface area contributed by atoms with Crippen LogP contribution in [-0.2, 0) is 0 Å². The van der Waals surface area contributed by atoms with Crippen LogP contribution in [0.4, 0.5) is 5.82 Å². The van der Waals surface area contributed by atoms with E-state index in [-0.39, 0.29) is 5.92 Å². The van der Waals surface area contributed by atoms with Crippen molar-refractivity contribution in [1.82, 2.24) is 9.97 Å². The molecule has 2 aromatic carbocycles. The van der Waals surface area contributed by atoms with Gasteiger partial charge in [-0.2, -0.15) is 0 Å². The number of hydrogen-bond donors (Lipinski definition) is 1. The van der Waals surface area contributed by atoms with Crippen LogP contribution in [0.3, 0.4) is 0 Å². The van der Waals surface area contributed by atoms with Gasteiger partial charge < -0.3 is 10.2 Å². The number of nitrogens with two attached hydrogens (primary N) is 1. The predicted octanol–water partition coefficient (Wildman–Crippen LogP) is 5.24. The summed E-state index contributed by atoms with van der Waals surface area (Å²) < 4.78 is 5.58. The quantitative estimate of drug-likeness (QED) is 0.552. The summed E-state index contributed by atoms with van der Waals surface area (Å²) in [5, 5.41) is 1.09. The summed E-state index contributed by atoms with van der Waals surface area (Å²) in [5.74, 6) is 1.30. The molecule has 0 bridgehead atoms. The Balaban J connectivity index is 1.93. The molecular weight excluding hydrogens is 322 g/mol. The molecule has 0 aliphatic rings. The van der Waals surface area contributed by atoms with E-state index in [0.717, 1.165) is 33.4 Å². The zero-order chi connectivity index (χ0) is 18.3. The molecule has 0 radical (unpaired) electrons. The topological polar surface area (TPSA) is 64.9 Å². The molecule has 0 spiro atoms. The van der Waals surface area contributed by atoms with E-state index in [1.54, 1.807) is 6.26 Å². The minimum Gasteiger partial charge on any atom is -0.464 e. The zero-order valence-electron chi connectivity index (χ0n) is 15.2. The molecule has 0 unspecified atom stereocenters. The van der Waals surface area contributed by atoms with Crippen LogP contribution in [0.5, 0.6) is 0 Å². The summed E-state index contributed by atoms with van der Waals surface area (Å²) in [6.45, 7) is 6.06. The fraction of sp³-hybridized carbons (Fsp3) is 0.182. The Morgan fingerprint density at radius 3 is 2.54 bits per heavy atom. The van der Waals surface area contributed by atoms with Gasteiger partial charge in [0.25, 0.3) is 0 Å². The van der Waals surface area contributed by atoms with Crippen molar-refractivity contribution in [2.24, 2.45) is 0 Å². The molecule has 0 amide bonds. The number of anilines is 1. The van der Waals surface area contributed by atoms with Gasteiger partial charge in [-0.3, -0.25) is 0 Å². The summed E-state index contributed by atoms with van der Waals surface area (Å²) in [6, 6.07) is 16.5. The molecule has 26 heavy (non-hydrogen) atoms. The summed E-state index contributed by atoms with van der Waals surface area (Å²) in [7, 11) is 0. The van der Waals surface area contributed by atoms with Crippen molar-refractivity contribution >= 4 is 16.8 Å². The van der Waals surface area contributed by atoms with Gasteiger partial charge in [0.15, 0.2) is 0 Å². The molecule has 2 heterocycles. The number of nitrogen functional groups attached to an aromatic ring is 1.